The summed E-state index contributed by atoms with van der Waals surface area (Å²) in [6, 6.07) is 20.4. The Hall–Kier alpha value is -2.70. The summed E-state index contributed by atoms with van der Waals surface area (Å²) in [4.78, 5) is 6.79. The minimum Gasteiger partial charge on any atom is -0.487 e. The van der Waals surface area contributed by atoms with Crippen molar-refractivity contribution >= 4 is 9.84 Å². The normalized spacial score (nSPS) is 18.2. The van der Waals surface area contributed by atoms with Gasteiger partial charge in [-0.1, -0.05) is 50.2 Å². The third kappa shape index (κ3) is 6.47. The maximum absolute atomic E-state index is 12.6. The average molecular weight is 533 g/mol. The number of piperidine rings is 1. The molecule has 5 nitrogen and oxygen atoms in total. The number of sulfone groups is 1. The van der Waals surface area contributed by atoms with Crippen LogP contribution in [0.1, 0.15) is 63.3 Å². The first-order chi connectivity index (χ1) is 18.2. The van der Waals surface area contributed by atoms with E-state index in [1.807, 2.05) is 30.3 Å². The Balaban J connectivity index is 1.21. The predicted octanol–water partition coefficient (Wildman–Crippen LogP) is 6.46. The molecule has 2 aliphatic rings. The van der Waals surface area contributed by atoms with Gasteiger partial charge in [0.25, 0.3) is 0 Å². The van der Waals surface area contributed by atoms with Crippen LogP contribution in [0.4, 0.5) is 0 Å². The van der Waals surface area contributed by atoms with Gasteiger partial charge in [0.2, 0.25) is 0 Å². The molecule has 0 aliphatic carbocycles. The summed E-state index contributed by atoms with van der Waals surface area (Å²) in [5.41, 5.74) is 4.85. The van der Waals surface area contributed by atoms with Crippen LogP contribution in [-0.2, 0) is 27.8 Å². The zero-order chi connectivity index (χ0) is 26.8. The second-order valence-corrected chi connectivity index (χ2v) is 13.7. The van der Waals surface area contributed by atoms with Crippen LogP contribution in [0.3, 0.4) is 0 Å². The van der Waals surface area contributed by atoms with E-state index in [2.05, 4.69) is 48.9 Å². The summed E-state index contributed by atoms with van der Waals surface area (Å²) < 4.78 is 32.0. The SMILES string of the molecule is CC(C)CC(C)N1CCC2(CCc3cc(-c4ccc(CS(=O)(=O)Cc5ccccn5)cc4)ccc3O2)CC1. The Kier molecular flexibility index (Phi) is 7.92. The number of hydrogen-bond acceptors (Lipinski definition) is 5. The van der Waals surface area contributed by atoms with Gasteiger partial charge in [0.15, 0.2) is 9.84 Å². The Morgan fingerprint density at radius 3 is 2.34 bits per heavy atom. The Labute approximate surface area is 228 Å². The molecule has 2 aliphatic heterocycles. The molecule has 3 heterocycles. The molecule has 0 amide bonds. The maximum Gasteiger partial charge on any atom is 0.160 e. The third-order valence-corrected chi connectivity index (χ3v) is 9.66. The molecular formula is C32H40N2O3S. The molecule has 3 aromatic rings. The molecule has 2 aromatic carbocycles. The van der Waals surface area contributed by atoms with Gasteiger partial charge < -0.3 is 9.64 Å². The standard InChI is InChI=1S/C32H40N2O3S/c1-24(2)20-25(3)34-18-15-32(16-19-34)14-13-29-21-28(11-12-31(29)37-32)27-9-7-26(8-10-27)22-38(35,36)23-30-6-4-5-17-33-30/h4-12,17,21,24-25H,13-16,18-20,22-23H2,1-3H3. The van der Waals surface area contributed by atoms with E-state index in [1.165, 1.54) is 12.0 Å². The van der Waals surface area contributed by atoms with Crippen LogP contribution in [0.5, 0.6) is 5.75 Å². The van der Waals surface area contributed by atoms with Crippen molar-refractivity contribution in [3.8, 4) is 16.9 Å². The highest BCUT2D eigenvalue weighted by Crippen LogP contribution is 2.41. The Bertz CT molecular complexity index is 1330. The van der Waals surface area contributed by atoms with Crippen LogP contribution in [0.15, 0.2) is 66.9 Å². The first kappa shape index (κ1) is 26.9. The summed E-state index contributed by atoms with van der Waals surface area (Å²) in [6.45, 7) is 9.21. The lowest BCUT2D eigenvalue weighted by Crippen LogP contribution is -2.51. The van der Waals surface area contributed by atoms with E-state index < -0.39 is 9.84 Å². The number of rotatable bonds is 8. The van der Waals surface area contributed by atoms with Gasteiger partial charge in [-0.05, 0) is 91.5 Å². The summed E-state index contributed by atoms with van der Waals surface area (Å²) in [7, 11) is -3.29. The van der Waals surface area contributed by atoms with Crippen LogP contribution in [0.2, 0.25) is 0 Å². The second-order valence-electron chi connectivity index (χ2n) is 11.7. The Morgan fingerprint density at radius 1 is 0.921 bits per heavy atom. The molecule has 1 unspecified atom stereocenters. The first-order valence-electron chi connectivity index (χ1n) is 14.0. The highest BCUT2D eigenvalue weighted by molar-refractivity contribution is 7.89. The number of ether oxygens (including phenoxy) is 1. The fourth-order valence-corrected chi connectivity index (χ4v) is 7.49. The highest BCUT2D eigenvalue weighted by atomic mass is 32.2. The largest absolute Gasteiger partial charge is 0.487 e. The van der Waals surface area contributed by atoms with Gasteiger partial charge in [0.1, 0.15) is 11.4 Å². The molecule has 0 radical (unpaired) electrons. The number of aryl methyl sites for hydroxylation is 1. The summed E-state index contributed by atoms with van der Waals surface area (Å²) in [5.74, 6) is 1.73. The van der Waals surface area contributed by atoms with E-state index in [0.717, 1.165) is 67.1 Å². The first-order valence-corrected chi connectivity index (χ1v) is 15.8. The molecule has 38 heavy (non-hydrogen) atoms. The fraction of sp³-hybridized carbons (Fsp3) is 0.469. The monoisotopic (exact) mass is 532 g/mol. The van der Waals surface area contributed by atoms with Gasteiger partial charge >= 0.3 is 0 Å². The van der Waals surface area contributed by atoms with E-state index >= 15 is 0 Å². The number of hydrogen-bond donors (Lipinski definition) is 0. The van der Waals surface area contributed by atoms with E-state index in [1.54, 1.807) is 18.3 Å². The molecule has 1 fully saturated rings. The van der Waals surface area contributed by atoms with Gasteiger partial charge in [-0.3, -0.25) is 4.98 Å². The molecule has 1 saturated heterocycles. The predicted molar refractivity (Wildman–Crippen MR) is 154 cm³/mol. The van der Waals surface area contributed by atoms with Gasteiger partial charge in [-0.15, -0.1) is 0 Å². The number of pyridine rings is 1. The fourth-order valence-electron chi connectivity index (χ4n) is 6.06. The molecule has 0 bridgehead atoms. The third-order valence-electron chi connectivity index (χ3n) is 8.15. The van der Waals surface area contributed by atoms with Crippen LogP contribution in [-0.4, -0.2) is 43.0 Å². The highest BCUT2D eigenvalue weighted by Gasteiger charge is 2.40. The molecule has 0 saturated carbocycles. The molecule has 5 rings (SSSR count). The van der Waals surface area contributed by atoms with Crippen molar-refractivity contribution < 1.29 is 13.2 Å². The number of aromatic nitrogens is 1. The van der Waals surface area contributed by atoms with E-state index in [4.69, 9.17) is 4.74 Å². The summed E-state index contributed by atoms with van der Waals surface area (Å²) in [6.07, 6.45) is 7.18. The lowest BCUT2D eigenvalue weighted by molar-refractivity contribution is -0.0246. The maximum atomic E-state index is 12.6. The zero-order valence-electron chi connectivity index (χ0n) is 22.9. The molecule has 202 valence electrons. The minimum atomic E-state index is -3.29. The van der Waals surface area contributed by atoms with Crippen molar-refractivity contribution in [1.29, 1.82) is 0 Å². The van der Waals surface area contributed by atoms with Crippen molar-refractivity contribution in [2.24, 2.45) is 5.92 Å². The van der Waals surface area contributed by atoms with Gasteiger partial charge in [0, 0.05) is 25.3 Å². The zero-order valence-corrected chi connectivity index (χ0v) is 23.7. The van der Waals surface area contributed by atoms with Gasteiger partial charge in [0.05, 0.1) is 17.2 Å². The van der Waals surface area contributed by atoms with Gasteiger partial charge in [-0.2, -0.15) is 0 Å². The summed E-state index contributed by atoms with van der Waals surface area (Å²) in [5, 5.41) is 0. The van der Waals surface area contributed by atoms with Crippen molar-refractivity contribution in [1.82, 2.24) is 9.88 Å². The lowest BCUT2D eigenvalue weighted by Gasteiger charge is -2.46. The average Bonchev–Trinajstić information content (AvgIpc) is 2.89. The number of nitrogens with zero attached hydrogens (tertiary/aromatic N) is 2. The Morgan fingerprint density at radius 2 is 1.66 bits per heavy atom. The molecule has 0 N–H and O–H groups in total. The van der Waals surface area contributed by atoms with Gasteiger partial charge in [-0.25, -0.2) is 8.42 Å². The molecule has 1 spiro atoms. The minimum absolute atomic E-state index is 0.0115. The van der Waals surface area contributed by atoms with Crippen LogP contribution < -0.4 is 4.74 Å². The van der Waals surface area contributed by atoms with Crippen LogP contribution in [0, 0.1) is 5.92 Å². The van der Waals surface area contributed by atoms with Crippen molar-refractivity contribution in [2.45, 2.75) is 76.0 Å². The second kappa shape index (κ2) is 11.2. The van der Waals surface area contributed by atoms with E-state index in [-0.39, 0.29) is 17.1 Å². The van der Waals surface area contributed by atoms with E-state index in [9.17, 15) is 8.42 Å². The number of benzene rings is 2. The molecule has 1 aromatic heterocycles. The smallest absolute Gasteiger partial charge is 0.160 e. The summed E-state index contributed by atoms with van der Waals surface area (Å²) >= 11 is 0. The molecule has 6 heteroatoms. The quantitative estimate of drug-likeness (QED) is 0.333. The van der Waals surface area contributed by atoms with Crippen molar-refractivity contribution in [3.05, 3.63) is 83.7 Å². The van der Waals surface area contributed by atoms with Crippen molar-refractivity contribution in [3.63, 3.8) is 0 Å². The van der Waals surface area contributed by atoms with Crippen LogP contribution in [0.25, 0.3) is 11.1 Å². The van der Waals surface area contributed by atoms with Crippen LogP contribution >= 0.6 is 0 Å². The van der Waals surface area contributed by atoms with Crippen molar-refractivity contribution in [2.75, 3.05) is 13.1 Å². The molecule has 1 atom stereocenters. The topological polar surface area (TPSA) is 59.5 Å². The molecular weight excluding hydrogens is 492 g/mol. The lowest BCUT2D eigenvalue weighted by atomic mass is 9.82. The number of likely N-dealkylation sites (tertiary alicyclic amines) is 1. The van der Waals surface area contributed by atoms with E-state index in [0.29, 0.717) is 11.7 Å². The number of fused-ring (bicyclic) bond motifs is 1.